The van der Waals surface area contributed by atoms with Crippen LogP contribution in [0.1, 0.15) is 58.3 Å². The summed E-state index contributed by atoms with van der Waals surface area (Å²) in [5.41, 5.74) is 6.85. The van der Waals surface area contributed by atoms with Crippen LogP contribution in [-0.2, 0) is 20.1 Å². The van der Waals surface area contributed by atoms with Gasteiger partial charge < -0.3 is 0 Å². The zero-order chi connectivity index (χ0) is 15.8. The van der Waals surface area contributed by atoms with Gasteiger partial charge in [-0.05, 0) is 0 Å². The average molecular weight is 406 g/mol. The fourth-order valence-corrected chi connectivity index (χ4v) is 10.9. The molecule has 23 heavy (non-hydrogen) atoms. The molecule has 0 N–H and O–H groups in total. The summed E-state index contributed by atoms with van der Waals surface area (Å²) in [4.78, 5) is 0. The van der Waals surface area contributed by atoms with Crippen molar-refractivity contribution in [2.45, 2.75) is 61.9 Å². The molecule has 0 aromatic carbocycles. The molecule has 4 aliphatic rings. The molecule has 0 nitrogen and oxygen atoms in total. The van der Waals surface area contributed by atoms with Crippen LogP contribution < -0.4 is 0 Å². The Hall–Kier alpha value is 0.00312. The van der Waals surface area contributed by atoms with Gasteiger partial charge in [-0.15, -0.1) is 0 Å². The van der Waals surface area contributed by atoms with Crippen LogP contribution in [0.5, 0.6) is 0 Å². The van der Waals surface area contributed by atoms with E-state index in [-0.39, 0.29) is 0 Å². The summed E-state index contributed by atoms with van der Waals surface area (Å²) in [5.74, 6) is 1.30. The molecule has 2 atom stereocenters. The van der Waals surface area contributed by atoms with Gasteiger partial charge in [-0.3, -0.25) is 0 Å². The van der Waals surface area contributed by atoms with Gasteiger partial charge in [-0.25, -0.2) is 0 Å². The van der Waals surface area contributed by atoms with Gasteiger partial charge in [-0.1, -0.05) is 0 Å². The summed E-state index contributed by atoms with van der Waals surface area (Å²) >= 11 is -1.99. The second kappa shape index (κ2) is 7.09. The minimum atomic E-state index is -1.99. The van der Waals surface area contributed by atoms with E-state index in [1.807, 2.05) is 0 Å². The fourth-order valence-electron chi connectivity index (χ4n) is 5.15. The van der Waals surface area contributed by atoms with Crippen molar-refractivity contribution in [3.63, 3.8) is 0 Å². The third kappa shape index (κ3) is 3.02. The molecular formula is C21H27ClZr. The Balaban J connectivity index is 1.70. The van der Waals surface area contributed by atoms with Crippen LogP contribution in [0, 0.1) is 11.8 Å². The SMILES string of the molecule is C[CH]=[Zr]([Cl])[CH](C1C=CC2=C1CCCC2)C1C=CC2=C1CCCC2. The predicted molar refractivity (Wildman–Crippen MR) is 97.6 cm³/mol. The van der Waals surface area contributed by atoms with Gasteiger partial charge in [0.05, 0.1) is 0 Å². The monoisotopic (exact) mass is 404 g/mol. The van der Waals surface area contributed by atoms with Crippen molar-refractivity contribution in [3.05, 3.63) is 46.6 Å². The summed E-state index contributed by atoms with van der Waals surface area (Å²) in [6.45, 7) is 2.22. The zero-order valence-corrected chi connectivity index (χ0v) is 17.4. The van der Waals surface area contributed by atoms with Crippen LogP contribution in [0.3, 0.4) is 0 Å². The Morgan fingerprint density at radius 1 is 0.913 bits per heavy atom. The second-order valence-corrected chi connectivity index (χ2v) is 15.0. The Morgan fingerprint density at radius 3 is 1.87 bits per heavy atom. The number of rotatable bonds is 3. The minimum absolute atomic E-state index is 0.650. The van der Waals surface area contributed by atoms with Crippen molar-refractivity contribution >= 4 is 12.2 Å². The maximum atomic E-state index is 7.08. The molecule has 0 aromatic rings. The van der Waals surface area contributed by atoms with Crippen molar-refractivity contribution in [3.8, 4) is 0 Å². The Bertz CT molecular complexity index is 599. The Morgan fingerprint density at radius 2 is 1.39 bits per heavy atom. The number of halogens is 1. The maximum absolute atomic E-state index is 7.08. The molecule has 2 unspecified atom stereocenters. The molecule has 0 spiro atoms. The third-order valence-electron chi connectivity index (χ3n) is 6.29. The molecule has 0 bridgehead atoms. The quantitative estimate of drug-likeness (QED) is 0.503. The summed E-state index contributed by atoms with van der Waals surface area (Å²) < 4.78 is 3.12. The predicted octanol–water partition coefficient (Wildman–Crippen LogP) is 6.48. The van der Waals surface area contributed by atoms with Crippen molar-refractivity contribution in [1.82, 2.24) is 0 Å². The second-order valence-electron chi connectivity index (χ2n) is 7.48. The fraction of sp³-hybridized carbons (Fsp3) is 0.571. The molecule has 0 radical (unpaired) electrons. The molecular weight excluding hydrogens is 379 g/mol. The van der Waals surface area contributed by atoms with Gasteiger partial charge in [0, 0.05) is 0 Å². The van der Waals surface area contributed by atoms with E-state index < -0.39 is 20.1 Å². The van der Waals surface area contributed by atoms with E-state index in [4.69, 9.17) is 8.51 Å². The van der Waals surface area contributed by atoms with E-state index in [1.165, 1.54) is 51.4 Å². The molecule has 0 amide bonds. The van der Waals surface area contributed by atoms with Gasteiger partial charge >= 0.3 is 153 Å². The molecule has 0 fully saturated rings. The van der Waals surface area contributed by atoms with Crippen molar-refractivity contribution < 1.29 is 20.1 Å². The van der Waals surface area contributed by atoms with E-state index in [1.54, 1.807) is 22.3 Å². The first-order chi connectivity index (χ1) is 11.3. The number of allylic oxidation sites excluding steroid dienone is 8. The Kier molecular flexibility index (Phi) is 5.08. The van der Waals surface area contributed by atoms with E-state index in [0.717, 1.165) is 0 Å². The molecule has 0 saturated heterocycles. The molecule has 0 aromatic heterocycles. The third-order valence-corrected chi connectivity index (χ3v) is 13.8. The van der Waals surface area contributed by atoms with Gasteiger partial charge in [0.25, 0.3) is 0 Å². The topological polar surface area (TPSA) is 0 Å². The summed E-state index contributed by atoms with van der Waals surface area (Å²) in [6.07, 6.45) is 20.7. The van der Waals surface area contributed by atoms with Crippen LogP contribution in [0.15, 0.2) is 46.6 Å². The van der Waals surface area contributed by atoms with Gasteiger partial charge in [-0.2, -0.15) is 0 Å². The van der Waals surface area contributed by atoms with Gasteiger partial charge in [0.1, 0.15) is 0 Å². The first-order valence-corrected chi connectivity index (χ1v) is 15.4. The molecule has 4 rings (SSSR count). The van der Waals surface area contributed by atoms with E-state index in [0.29, 0.717) is 15.5 Å². The first kappa shape index (κ1) is 16.5. The van der Waals surface area contributed by atoms with E-state index in [2.05, 4.69) is 34.9 Å². The van der Waals surface area contributed by atoms with Gasteiger partial charge in [0.2, 0.25) is 0 Å². The van der Waals surface area contributed by atoms with Crippen LogP contribution in [0.2, 0.25) is 3.63 Å². The van der Waals surface area contributed by atoms with E-state index >= 15 is 0 Å². The Labute approximate surface area is 152 Å². The number of hydrogen-bond donors (Lipinski definition) is 0. The molecule has 0 heterocycles. The zero-order valence-electron chi connectivity index (χ0n) is 14.2. The molecule has 122 valence electrons. The van der Waals surface area contributed by atoms with Crippen LogP contribution in [0.4, 0.5) is 0 Å². The van der Waals surface area contributed by atoms with Crippen molar-refractivity contribution in [2.24, 2.45) is 11.8 Å². The molecule has 4 aliphatic carbocycles. The summed E-state index contributed by atoms with van der Waals surface area (Å²) in [6, 6.07) is 0. The number of hydrogen-bond acceptors (Lipinski definition) is 0. The van der Waals surface area contributed by atoms with Crippen LogP contribution in [0.25, 0.3) is 0 Å². The van der Waals surface area contributed by atoms with E-state index in [9.17, 15) is 0 Å². The summed E-state index contributed by atoms with van der Waals surface area (Å²) in [5, 5.41) is 0. The van der Waals surface area contributed by atoms with Crippen molar-refractivity contribution in [1.29, 1.82) is 0 Å². The van der Waals surface area contributed by atoms with Crippen LogP contribution in [-0.4, -0.2) is 3.71 Å². The molecule has 0 saturated carbocycles. The van der Waals surface area contributed by atoms with Crippen molar-refractivity contribution in [2.75, 3.05) is 0 Å². The first-order valence-electron chi connectivity index (χ1n) is 9.41. The van der Waals surface area contributed by atoms with Gasteiger partial charge in [0.15, 0.2) is 0 Å². The standard InChI is InChI=1S/C19H23.C2H4.ClH.Zr/c1-3-7-18-14(5-1)9-11-16(18)13-17-12-10-15-6-2-4-8-19(15)17;1-2;;/h9-13,16-17H,1-8H2;1H,2H3;1H;/q;;;+1/p-1. The molecule has 2 heteroatoms. The van der Waals surface area contributed by atoms with Crippen LogP contribution >= 0.6 is 8.51 Å². The summed E-state index contributed by atoms with van der Waals surface area (Å²) in [7, 11) is 7.08. The normalized spacial score (nSPS) is 31.7. The molecule has 0 aliphatic heterocycles. The average Bonchev–Trinajstić information content (AvgIpc) is 3.20.